The number of hydrogen-bond donors (Lipinski definition) is 0. The molecule has 11 fully saturated rings. The summed E-state index contributed by atoms with van der Waals surface area (Å²) in [4.78, 5) is 19.2. The van der Waals surface area contributed by atoms with Gasteiger partial charge in [0.05, 0.1) is 11.7 Å². The van der Waals surface area contributed by atoms with E-state index in [9.17, 15) is 4.79 Å². The van der Waals surface area contributed by atoms with Gasteiger partial charge in [0, 0.05) is 47.8 Å². The summed E-state index contributed by atoms with van der Waals surface area (Å²) in [6.45, 7) is 7.57. The van der Waals surface area contributed by atoms with Crippen molar-refractivity contribution in [3.8, 4) is 0 Å². The Morgan fingerprint density at radius 3 is 2.72 bits per heavy atom. The second-order valence-corrected chi connectivity index (χ2v) is 21.3. The highest BCUT2D eigenvalue weighted by atomic mass is 16.5. The number of allylic oxidation sites excluding steroid dienone is 2. The molecular formula is C42H56N2O2. The van der Waals surface area contributed by atoms with Crippen molar-refractivity contribution in [1.82, 2.24) is 9.80 Å². The Labute approximate surface area is 276 Å². The first kappa shape index (κ1) is 26.7. The van der Waals surface area contributed by atoms with Crippen LogP contribution in [0.5, 0.6) is 0 Å². The minimum Gasteiger partial charge on any atom is -0.370 e. The molecule has 3 aliphatic heterocycles. The normalized spacial score (nSPS) is 65.5. The summed E-state index contributed by atoms with van der Waals surface area (Å²) in [5, 5.41) is 0. The summed E-state index contributed by atoms with van der Waals surface area (Å²) >= 11 is 0. The van der Waals surface area contributed by atoms with Crippen molar-refractivity contribution in [3.63, 3.8) is 0 Å². The first-order valence-corrected chi connectivity index (χ1v) is 20.1. The molecule has 246 valence electrons. The Balaban J connectivity index is 0.896. The molecule has 0 unspecified atom stereocenters. The maximum atomic E-state index is 14.1. The van der Waals surface area contributed by atoms with Gasteiger partial charge < -0.3 is 14.5 Å². The lowest BCUT2D eigenvalue weighted by Crippen LogP contribution is -2.69. The van der Waals surface area contributed by atoms with E-state index in [0.29, 0.717) is 51.0 Å². The van der Waals surface area contributed by atoms with Crippen LogP contribution in [0.3, 0.4) is 0 Å². The molecular weight excluding hydrogens is 564 g/mol. The molecule has 0 N–H and O–H groups in total. The molecule has 0 aromatic carbocycles. The fourth-order valence-corrected chi connectivity index (χ4v) is 19.8. The van der Waals surface area contributed by atoms with Crippen molar-refractivity contribution in [3.05, 3.63) is 22.8 Å². The van der Waals surface area contributed by atoms with E-state index in [1.165, 1.54) is 103 Å². The fraction of sp³-hybridized carbons (Fsp3) is 0.881. The molecule has 12 aliphatic carbocycles. The molecule has 0 aromatic rings. The molecule has 4 heteroatoms. The molecule has 0 aromatic heterocycles. The molecule has 3 heterocycles. The van der Waals surface area contributed by atoms with E-state index in [1.54, 1.807) is 0 Å². The largest absolute Gasteiger partial charge is 0.370 e. The average molecular weight is 621 g/mol. The third-order valence-electron chi connectivity index (χ3n) is 20.4. The Bertz CT molecular complexity index is 1630. The zero-order valence-electron chi connectivity index (χ0n) is 29.0. The van der Waals surface area contributed by atoms with Crippen LogP contribution in [0.25, 0.3) is 0 Å². The van der Waals surface area contributed by atoms with Crippen molar-refractivity contribution in [2.24, 2.45) is 73.9 Å². The number of amides is 1. The summed E-state index contributed by atoms with van der Waals surface area (Å²) in [5.41, 5.74) is 7.62. The third-order valence-corrected chi connectivity index (χ3v) is 20.4. The number of fused-ring (bicyclic) bond motifs is 3. The van der Waals surface area contributed by atoms with Crippen LogP contribution in [0.4, 0.5) is 0 Å². The monoisotopic (exact) mass is 620 g/mol. The first-order valence-electron chi connectivity index (χ1n) is 20.1. The van der Waals surface area contributed by atoms with Crippen molar-refractivity contribution >= 4 is 5.91 Å². The maximum Gasteiger partial charge on any atom is 0.228 e. The zero-order valence-corrected chi connectivity index (χ0v) is 29.0. The number of piperidine rings is 2. The highest BCUT2D eigenvalue weighted by molar-refractivity contribution is 5.85. The molecule has 12 bridgehead atoms. The molecule has 5 spiro atoms. The van der Waals surface area contributed by atoms with Crippen LogP contribution in [0.1, 0.15) is 110 Å². The van der Waals surface area contributed by atoms with Gasteiger partial charge >= 0.3 is 0 Å². The number of carbonyl (C=O) groups is 1. The van der Waals surface area contributed by atoms with Crippen LogP contribution in [0.2, 0.25) is 0 Å². The number of hydrogen-bond acceptors (Lipinski definition) is 3. The summed E-state index contributed by atoms with van der Waals surface area (Å²) in [7, 11) is 4.61. The standard InChI is InChI=1S/C42H56N2O2/c1-36-18-23(20-43(3)22-36)14-25-26(36)6-10-38-19-30-28(17-27(25)38)41(30)13-12-40(46-34(38)41)21-39-11-7-31-37(2)8-5-9-42(31)32(39)16-24(40)15-29(39)33(42)44(4)35(37)45/h17,23-24,28-34H,5-16,18-22H2,1-4H3/t23-,24+,28-,29-,30+,31+,32-,33+,34-,36+,37+,38-,39-,40+,41-,42-/m0/s1. The summed E-state index contributed by atoms with van der Waals surface area (Å²) in [5.74, 6) is 6.01. The molecule has 4 nitrogen and oxygen atoms in total. The van der Waals surface area contributed by atoms with Gasteiger partial charge in [-0.05, 0) is 160 Å². The van der Waals surface area contributed by atoms with E-state index >= 15 is 0 Å². The van der Waals surface area contributed by atoms with Gasteiger partial charge in [-0.1, -0.05) is 31.9 Å². The highest BCUT2D eigenvalue weighted by Gasteiger charge is 2.87. The second kappa shape index (κ2) is 7.33. The third kappa shape index (κ3) is 2.38. The molecule has 1 amide bonds. The van der Waals surface area contributed by atoms with Crippen LogP contribution < -0.4 is 0 Å². The number of carbonyl (C=O) groups excluding carboxylic acids is 1. The maximum absolute atomic E-state index is 14.1. The Morgan fingerprint density at radius 2 is 1.83 bits per heavy atom. The summed E-state index contributed by atoms with van der Waals surface area (Å²) < 4.78 is 8.17. The van der Waals surface area contributed by atoms with Crippen molar-refractivity contribution in [1.29, 1.82) is 0 Å². The minimum absolute atomic E-state index is 0.0994. The van der Waals surface area contributed by atoms with Crippen LogP contribution in [-0.2, 0) is 9.53 Å². The number of nitrogens with zero attached hydrogens (tertiary/aromatic N) is 2. The van der Waals surface area contributed by atoms with Gasteiger partial charge in [0.15, 0.2) is 0 Å². The van der Waals surface area contributed by atoms with E-state index in [1.807, 2.05) is 16.7 Å². The molecule has 46 heavy (non-hydrogen) atoms. The van der Waals surface area contributed by atoms with E-state index in [4.69, 9.17) is 4.74 Å². The van der Waals surface area contributed by atoms with Crippen LogP contribution in [0.15, 0.2) is 22.8 Å². The predicted octanol–water partition coefficient (Wildman–Crippen LogP) is 7.39. The highest BCUT2D eigenvalue weighted by Crippen LogP contribution is 2.88. The SMILES string of the molecule is CN1C[C@H]2CC3=C(CC[C@]45C[C@@H]6[C@H](C=C34)[C@@]63CC[C@]4(C[C@@]67CC[C@H]8[C@]9%10CCC[C@@]8(C)C(=O)N(C)[C@@H]9[C@@H]6C[C@@H]4C[C@@H]7%10)O[C@@H]53)[C@](C)(C2)C1. The Hall–Kier alpha value is -1.13. The zero-order chi connectivity index (χ0) is 30.6. The lowest BCUT2D eigenvalue weighted by Gasteiger charge is -2.69. The van der Waals surface area contributed by atoms with Crippen molar-refractivity contribution < 1.29 is 9.53 Å². The van der Waals surface area contributed by atoms with E-state index in [2.05, 4.69) is 43.8 Å². The first-order chi connectivity index (χ1) is 22.0. The van der Waals surface area contributed by atoms with Gasteiger partial charge in [0.1, 0.15) is 0 Å². The average Bonchev–Trinajstić information content (AvgIpc) is 3.57. The Kier molecular flexibility index (Phi) is 4.26. The van der Waals surface area contributed by atoms with Crippen LogP contribution in [0, 0.1) is 73.9 Å². The van der Waals surface area contributed by atoms with Crippen LogP contribution >= 0.6 is 0 Å². The Morgan fingerprint density at radius 1 is 0.935 bits per heavy atom. The second-order valence-electron chi connectivity index (χ2n) is 21.3. The molecule has 16 atom stereocenters. The number of ether oxygens (including phenoxy) is 1. The summed E-state index contributed by atoms with van der Waals surface area (Å²) in [6, 6.07) is 0.515. The lowest BCUT2D eigenvalue weighted by molar-refractivity contribution is -0.283. The molecule has 3 saturated heterocycles. The van der Waals surface area contributed by atoms with Gasteiger partial charge in [-0.25, -0.2) is 0 Å². The number of rotatable bonds is 0. The van der Waals surface area contributed by atoms with Gasteiger partial charge in [-0.15, -0.1) is 0 Å². The topological polar surface area (TPSA) is 32.8 Å². The van der Waals surface area contributed by atoms with Gasteiger partial charge in [-0.3, -0.25) is 4.79 Å². The number of likely N-dealkylation sites (tertiary alicyclic amines) is 2. The van der Waals surface area contributed by atoms with E-state index in [-0.39, 0.29) is 11.0 Å². The van der Waals surface area contributed by atoms with E-state index in [0.717, 1.165) is 41.9 Å². The molecule has 15 aliphatic rings. The molecule has 0 radical (unpaired) electrons. The molecule has 15 rings (SSSR count). The van der Waals surface area contributed by atoms with Crippen molar-refractivity contribution in [2.45, 2.75) is 128 Å². The van der Waals surface area contributed by atoms with Gasteiger partial charge in [-0.2, -0.15) is 0 Å². The molecule has 8 saturated carbocycles. The fourth-order valence-electron chi connectivity index (χ4n) is 19.8. The minimum atomic E-state index is -0.0994. The van der Waals surface area contributed by atoms with Gasteiger partial charge in [0.25, 0.3) is 0 Å². The van der Waals surface area contributed by atoms with Crippen LogP contribution in [-0.4, -0.2) is 60.6 Å². The lowest BCUT2D eigenvalue weighted by atomic mass is 9.38. The predicted molar refractivity (Wildman–Crippen MR) is 176 cm³/mol. The van der Waals surface area contributed by atoms with Crippen molar-refractivity contribution in [2.75, 3.05) is 27.2 Å². The quantitative estimate of drug-likeness (QED) is 0.283. The van der Waals surface area contributed by atoms with Gasteiger partial charge in [0.2, 0.25) is 5.91 Å². The smallest absolute Gasteiger partial charge is 0.228 e. The van der Waals surface area contributed by atoms with E-state index < -0.39 is 0 Å². The summed E-state index contributed by atoms with van der Waals surface area (Å²) in [6.07, 6.45) is 23.8.